The van der Waals surface area contributed by atoms with E-state index in [0.717, 1.165) is 57.0 Å². The molecule has 0 aliphatic carbocycles. The van der Waals surface area contributed by atoms with Crippen LogP contribution in [0.3, 0.4) is 0 Å². The maximum Gasteiger partial charge on any atom is 0.173 e. The molecule has 192 valence electrons. The normalized spacial score (nSPS) is 15.9. The Balaban J connectivity index is 1.16. The van der Waals surface area contributed by atoms with E-state index in [-0.39, 0.29) is 6.04 Å². The Bertz CT molecular complexity index is 1460. The van der Waals surface area contributed by atoms with Gasteiger partial charge in [-0.2, -0.15) is 0 Å². The van der Waals surface area contributed by atoms with E-state index in [4.69, 9.17) is 0 Å². The fourth-order valence-electron chi connectivity index (χ4n) is 5.40. The standard InChI is InChI=1S/C31H33N7/c1-3-10-25(11-4-1)12-9-18-36-20-22-37(23-21-36)30(26-13-5-2-6-14-26)31-33-34-35-38(31)19-17-27-24-32-29-16-8-7-15-28(27)29/h1-16,24,30,32H,17-23H2/b12-9+/t30-/m1/s1. The maximum absolute atomic E-state index is 4.56. The molecule has 0 radical (unpaired) electrons. The minimum atomic E-state index is 0.0242. The molecule has 3 heterocycles. The van der Waals surface area contributed by atoms with Gasteiger partial charge in [0.2, 0.25) is 0 Å². The topological polar surface area (TPSA) is 65.9 Å². The third kappa shape index (κ3) is 5.44. The van der Waals surface area contributed by atoms with Crippen molar-refractivity contribution >= 4 is 17.0 Å². The van der Waals surface area contributed by atoms with Gasteiger partial charge in [0.1, 0.15) is 0 Å². The van der Waals surface area contributed by atoms with Crippen molar-refractivity contribution in [3.63, 3.8) is 0 Å². The molecule has 1 aliphatic rings. The molecule has 2 aromatic heterocycles. The van der Waals surface area contributed by atoms with E-state index in [9.17, 15) is 0 Å². The Labute approximate surface area is 223 Å². The number of piperazine rings is 1. The number of hydrogen-bond acceptors (Lipinski definition) is 5. The molecule has 0 amide bonds. The number of hydrogen-bond donors (Lipinski definition) is 1. The monoisotopic (exact) mass is 503 g/mol. The number of aromatic nitrogens is 5. The third-order valence-corrected chi connectivity index (χ3v) is 7.43. The molecular weight excluding hydrogens is 470 g/mol. The van der Waals surface area contributed by atoms with Gasteiger partial charge < -0.3 is 4.98 Å². The first-order chi connectivity index (χ1) is 18.8. The summed E-state index contributed by atoms with van der Waals surface area (Å²) in [4.78, 5) is 8.42. The minimum Gasteiger partial charge on any atom is -0.361 e. The molecule has 1 atom stereocenters. The summed E-state index contributed by atoms with van der Waals surface area (Å²) in [5.74, 6) is 0.911. The predicted octanol–water partition coefficient (Wildman–Crippen LogP) is 4.82. The van der Waals surface area contributed by atoms with Crippen LogP contribution in [0.4, 0.5) is 0 Å². The number of nitrogens with zero attached hydrogens (tertiary/aromatic N) is 6. The molecule has 5 aromatic rings. The molecule has 0 saturated carbocycles. The largest absolute Gasteiger partial charge is 0.361 e. The van der Waals surface area contributed by atoms with Crippen LogP contribution in [0.15, 0.2) is 97.2 Å². The van der Waals surface area contributed by atoms with E-state index >= 15 is 0 Å². The summed E-state index contributed by atoms with van der Waals surface area (Å²) in [7, 11) is 0. The summed E-state index contributed by atoms with van der Waals surface area (Å²) < 4.78 is 1.99. The number of aromatic amines is 1. The second-order valence-corrected chi connectivity index (χ2v) is 9.83. The molecule has 0 unspecified atom stereocenters. The molecule has 7 heteroatoms. The lowest BCUT2D eigenvalue weighted by molar-refractivity contribution is 0.112. The average molecular weight is 504 g/mol. The summed E-state index contributed by atoms with van der Waals surface area (Å²) >= 11 is 0. The van der Waals surface area contributed by atoms with E-state index in [1.54, 1.807) is 0 Å². The van der Waals surface area contributed by atoms with Crippen molar-refractivity contribution in [1.82, 2.24) is 35.0 Å². The quantitative estimate of drug-likeness (QED) is 0.313. The van der Waals surface area contributed by atoms with Crippen LogP contribution in [0.1, 0.15) is 28.6 Å². The average Bonchev–Trinajstić information content (AvgIpc) is 3.61. The second kappa shape index (κ2) is 11.5. The number of benzene rings is 3. The molecule has 0 bridgehead atoms. The van der Waals surface area contributed by atoms with Crippen molar-refractivity contribution in [3.05, 3.63) is 120 Å². The molecule has 0 spiro atoms. The molecule has 38 heavy (non-hydrogen) atoms. The number of fused-ring (bicyclic) bond motifs is 1. The molecule has 1 saturated heterocycles. The first-order valence-electron chi connectivity index (χ1n) is 13.4. The number of rotatable bonds is 9. The minimum absolute atomic E-state index is 0.0242. The lowest BCUT2D eigenvalue weighted by atomic mass is 10.0. The first kappa shape index (κ1) is 24.3. The lowest BCUT2D eigenvalue weighted by Gasteiger charge is -2.38. The van der Waals surface area contributed by atoms with Crippen LogP contribution >= 0.6 is 0 Å². The zero-order chi connectivity index (χ0) is 25.6. The van der Waals surface area contributed by atoms with Gasteiger partial charge in [0, 0.05) is 56.4 Å². The number of para-hydroxylation sites is 1. The van der Waals surface area contributed by atoms with Crippen molar-refractivity contribution in [3.8, 4) is 0 Å². The Hall–Kier alpha value is -4.07. The van der Waals surface area contributed by atoms with Crippen LogP contribution in [0, 0.1) is 0 Å². The SMILES string of the molecule is C(=C\c1ccccc1)/CN1CCN([C@H](c2ccccc2)c2nnnn2CCc2c[nH]c3ccccc23)CC1. The molecule has 1 N–H and O–H groups in total. The number of tetrazole rings is 1. The van der Waals surface area contributed by atoms with E-state index in [2.05, 4.69) is 134 Å². The molecular formula is C31H33N7. The van der Waals surface area contributed by atoms with Crippen LogP contribution in [0.25, 0.3) is 17.0 Å². The first-order valence-corrected chi connectivity index (χ1v) is 13.4. The van der Waals surface area contributed by atoms with Gasteiger partial charge in [0.25, 0.3) is 0 Å². The third-order valence-electron chi connectivity index (χ3n) is 7.43. The van der Waals surface area contributed by atoms with Crippen molar-refractivity contribution < 1.29 is 0 Å². The van der Waals surface area contributed by atoms with E-state index in [1.807, 2.05) is 4.68 Å². The van der Waals surface area contributed by atoms with Gasteiger partial charge in [-0.05, 0) is 39.6 Å². The Morgan fingerprint density at radius 1 is 0.842 bits per heavy atom. The zero-order valence-electron chi connectivity index (χ0n) is 21.5. The fraction of sp³-hybridized carbons (Fsp3) is 0.258. The van der Waals surface area contributed by atoms with Crippen LogP contribution in [-0.4, -0.2) is 67.7 Å². The highest BCUT2D eigenvalue weighted by Gasteiger charge is 2.30. The number of H-pyrrole nitrogens is 1. The predicted molar refractivity (Wildman–Crippen MR) is 152 cm³/mol. The highest BCUT2D eigenvalue weighted by Crippen LogP contribution is 2.28. The smallest absolute Gasteiger partial charge is 0.173 e. The highest BCUT2D eigenvalue weighted by atomic mass is 15.6. The van der Waals surface area contributed by atoms with Gasteiger partial charge in [-0.25, -0.2) is 4.68 Å². The summed E-state index contributed by atoms with van der Waals surface area (Å²) in [6, 6.07) is 29.6. The van der Waals surface area contributed by atoms with E-state index in [1.165, 1.54) is 22.1 Å². The molecule has 1 fully saturated rings. The van der Waals surface area contributed by atoms with E-state index < -0.39 is 0 Å². The van der Waals surface area contributed by atoms with Crippen LogP contribution in [-0.2, 0) is 13.0 Å². The second-order valence-electron chi connectivity index (χ2n) is 9.83. The maximum atomic E-state index is 4.56. The van der Waals surface area contributed by atoms with Crippen LogP contribution < -0.4 is 0 Å². The van der Waals surface area contributed by atoms with Gasteiger partial charge in [-0.15, -0.1) is 5.10 Å². The van der Waals surface area contributed by atoms with Crippen molar-refractivity contribution in [2.75, 3.05) is 32.7 Å². The highest BCUT2D eigenvalue weighted by molar-refractivity contribution is 5.83. The molecule has 7 nitrogen and oxygen atoms in total. The van der Waals surface area contributed by atoms with Gasteiger partial charge in [0.05, 0.1) is 6.04 Å². The van der Waals surface area contributed by atoms with Crippen molar-refractivity contribution in [2.45, 2.75) is 19.0 Å². The summed E-state index contributed by atoms with van der Waals surface area (Å²) in [6.07, 6.45) is 7.45. The fourth-order valence-corrected chi connectivity index (χ4v) is 5.40. The Kier molecular flexibility index (Phi) is 7.37. The van der Waals surface area contributed by atoms with Crippen LogP contribution in [0.5, 0.6) is 0 Å². The van der Waals surface area contributed by atoms with Gasteiger partial charge in [-0.3, -0.25) is 9.80 Å². The number of nitrogens with one attached hydrogen (secondary N) is 1. The van der Waals surface area contributed by atoms with E-state index in [0.29, 0.717) is 0 Å². The number of aryl methyl sites for hydroxylation is 2. The van der Waals surface area contributed by atoms with Crippen LogP contribution in [0.2, 0.25) is 0 Å². The van der Waals surface area contributed by atoms with Crippen molar-refractivity contribution in [2.24, 2.45) is 0 Å². The molecule has 3 aromatic carbocycles. The van der Waals surface area contributed by atoms with Crippen molar-refractivity contribution in [1.29, 1.82) is 0 Å². The lowest BCUT2D eigenvalue weighted by Crippen LogP contribution is -2.48. The summed E-state index contributed by atoms with van der Waals surface area (Å²) in [5.41, 5.74) is 4.93. The zero-order valence-corrected chi connectivity index (χ0v) is 21.5. The molecule has 1 aliphatic heterocycles. The van der Waals surface area contributed by atoms with Gasteiger partial charge in [0.15, 0.2) is 5.82 Å². The summed E-state index contributed by atoms with van der Waals surface area (Å²) in [5, 5.41) is 14.4. The van der Waals surface area contributed by atoms with Gasteiger partial charge in [-0.1, -0.05) is 91.0 Å². The Morgan fingerprint density at radius 2 is 1.58 bits per heavy atom. The van der Waals surface area contributed by atoms with Gasteiger partial charge >= 0.3 is 0 Å². The Morgan fingerprint density at radius 3 is 2.39 bits per heavy atom. The summed E-state index contributed by atoms with van der Waals surface area (Å²) in [6.45, 7) is 5.65. The molecule has 6 rings (SSSR count).